The number of amides is 2. The number of ether oxygens (including phenoxy) is 1. The Kier molecular flexibility index (Phi) is 5.06. The summed E-state index contributed by atoms with van der Waals surface area (Å²) in [5.74, 6) is -0.425. The van der Waals surface area contributed by atoms with Crippen LogP contribution in [0.25, 0.3) is 0 Å². The number of hydrogen-bond acceptors (Lipinski definition) is 3. The zero-order chi connectivity index (χ0) is 14.5. The average molecular weight is 264 g/mol. The number of carbonyl (C=O) groups excluding carboxylic acids is 2. The van der Waals surface area contributed by atoms with Crippen LogP contribution >= 0.6 is 0 Å². The third-order valence-corrected chi connectivity index (χ3v) is 2.17. The summed E-state index contributed by atoms with van der Waals surface area (Å²) in [5, 5.41) is 5.52. The van der Waals surface area contributed by atoms with Crippen LogP contribution in [0.5, 0.6) is 0 Å². The monoisotopic (exact) mass is 264 g/mol. The number of rotatable bonds is 4. The van der Waals surface area contributed by atoms with Gasteiger partial charge < -0.3 is 15.4 Å². The SMILES string of the molecule is COCC(=O)Nc1cccc(C(=O)NC(C)(C)C)c1. The van der Waals surface area contributed by atoms with E-state index >= 15 is 0 Å². The van der Waals surface area contributed by atoms with E-state index in [1.54, 1.807) is 24.3 Å². The number of benzene rings is 1. The van der Waals surface area contributed by atoms with Crippen molar-refractivity contribution in [2.24, 2.45) is 0 Å². The molecule has 0 bridgehead atoms. The molecule has 0 radical (unpaired) electrons. The van der Waals surface area contributed by atoms with E-state index in [9.17, 15) is 9.59 Å². The molecule has 0 atom stereocenters. The van der Waals surface area contributed by atoms with E-state index in [0.29, 0.717) is 11.3 Å². The Morgan fingerprint density at radius 2 is 1.95 bits per heavy atom. The van der Waals surface area contributed by atoms with E-state index in [-0.39, 0.29) is 24.0 Å². The van der Waals surface area contributed by atoms with E-state index in [2.05, 4.69) is 10.6 Å². The second kappa shape index (κ2) is 6.33. The van der Waals surface area contributed by atoms with Crippen LogP contribution in [0.15, 0.2) is 24.3 Å². The molecule has 5 heteroatoms. The molecule has 2 N–H and O–H groups in total. The molecule has 0 unspecified atom stereocenters. The van der Waals surface area contributed by atoms with Gasteiger partial charge in [0.2, 0.25) is 5.91 Å². The van der Waals surface area contributed by atoms with Crippen LogP contribution in [-0.2, 0) is 9.53 Å². The summed E-state index contributed by atoms with van der Waals surface area (Å²) in [6, 6.07) is 6.78. The Morgan fingerprint density at radius 1 is 1.26 bits per heavy atom. The first kappa shape index (κ1) is 15.2. The van der Waals surface area contributed by atoms with Gasteiger partial charge in [0.15, 0.2) is 0 Å². The molecule has 0 fully saturated rings. The first-order valence-electron chi connectivity index (χ1n) is 6.03. The van der Waals surface area contributed by atoms with Gasteiger partial charge in [0.05, 0.1) is 0 Å². The van der Waals surface area contributed by atoms with Gasteiger partial charge in [0.1, 0.15) is 6.61 Å². The Labute approximate surface area is 113 Å². The summed E-state index contributed by atoms with van der Waals surface area (Å²) in [6.45, 7) is 5.72. The average Bonchev–Trinajstić information content (AvgIpc) is 2.27. The molecule has 1 aromatic carbocycles. The molecule has 2 amide bonds. The topological polar surface area (TPSA) is 67.4 Å². The maximum atomic E-state index is 12.0. The number of methoxy groups -OCH3 is 1. The van der Waals surface area contributed by atoms with E-state index < -0.39 is 0 Å². The quantitative estimate of drug-likeness (QED) is 0.871. The van der Waals surface area contributed by atoms with Crippen LogP contribution in [0.3, 0.4) is 0 Å². The summed E-state index contributed by atoms with van der Waals surface area (Å²) >= 11 is 0. The molecule has 104 valence electrons. The van der Waals surface area contributed by atoms with E-state index in [1.807, 2.05) is 20.8 Å². The highest BCUT2D eigenvalue weighted by Crippen LogP contribution is 2.12. The van der Waals surface area contributed by atoms with Crippen molar-refractivity contribution in [2.75, 3.05) is 19.0 Å². The molecule has 0 heterocycles. The van der Waals surface area contributed by atoms with Crippen molar-refractivity contribution in [1.29, 1.82) is 0 Å². The van der Waals surface area contributed by atoms with Crippen LogP contribution in [0, 0.1) is 0 Å². The maximum Gasteiger partial charge on any atom is 0.251 e. The number of hydrogen-bond donors (Lipinski definition) is 2. The van der Waals surface area contributed by atoms with Gasteiger partial charge in [0.25, 0.3) is 5.91 Å². The lowest BCUT2D eigenvalue weighted by atomic mass is 10.1. The predicted molar refractivity (Wildman–Crippen MR) is 74.2 cm³/mol. The second-order valence-corrected chi connectivity index (χ2v) is 5.27. The minimum absolute atomic E-state index is 0.0155. The minimum atomic E-state index is -0.299. The van der Waals surface area contributed by atoms with Crippen molar-refractivity contribution in [2.45, 2.75) is 26.3 Å². The fourth-order valence-electron chi connectivity index (χ4n) is 1.48. The van der Waals surface area contributed by atoms with Gasteiger partial charge in [-0.05, 0) is 39.0 Å². The van der Waals surface area contributed by atoms with Crippen molar-refractivity contribution >= 4 is 17.5 Å². The first-order chi connectivity index (χ1) is 8.81. The van der Waals surface area contributed by atoms with Crippen molar-refractivity contribution in [3.8, 4) is 0 Å². The molecular weight excluding hydrogens is 244 g/mol. The Hall–Kier alpha value is -1.88. The zero-order valence-corrected chi connectivity index (χ0v) is 11.7. The molecule has 0 aliphatic carbocycles. The Balaban J connectivity index is 2.77. The fraction of sp³-hybridized carbons (Fsp3) is 0.429. The number of nitrogens with one attached hydrogen (secondary N) is 2. The molecule has 5 nitrogen and oxygen atoms in total. The van der Waals surface area contributed by atoms with Gasteiger partial charge in [0, 0.05) is 23.9 Å². The van der Waals surface area contributed by atoms with Gasteiger partial charge in [-0.15, -0.1) is 0 Å². The third kappa shape index (κ3) is 5.52. The highest BCUT2D eigenvalue weighted by Gasteiger charge is 2.15. The fourth-order valence-corrected chi connectivity index (χ4v) is 1.48. The predicted octanol–water partition coefficient (Wildman–Crippen LogP) is 1.80. The van der Waals surface area contributed by atoms with Crippen molar-refractivity contribution in [3.63, 3.8) is 0 Å². The summed E-state index contributed by atoms with van der Waals surface area (Å²) in [4.78, 5) is 23.4. The van der Waals surface area contributed by atoms with Crippen LogP contribution in [0.1, 0.15) is 31.1 Å². The lowest BCUT2D eigenvalue weighted by Gasteiger charge is -2.20. The molecule has 0 saturated heterocycles. The van der Waals surface area contributed by atoms with Crippen LogP contribution in [-0.4, -0.2) is 31.1 Å². The maximum absolute atomic E-state index is 12.0. The highest BCUT2D eigenvalue weighted by atomic mass is 16.5. The molecule has 0 spiro atoms. The summed E-state index contributed by atoms with van der Waals surface area (Å²) in [6.07, 6.45) is 0. The summed E-state index contributed by atoms with van der Waals surface area (Å²) < 4.78 is 4.73. The summed E-state index contributed by atoms with van der Waals surface area (Å²) in [5.41, 5.74) is 0.778. The van der Waals surface area contributed by atoms with Crippen molar-refractivity contribution < 1.29 is 14.3 Å². The van der Waals surface area contributed by atoms with Gasteiger partial charge in [-0.25, -0.2) is 0 Å². The molecule has 19 heavy (non-hydrogen) atoms. The van der Waals surface area contributed by atoms with E-state index in [4.69, 9.17) is 4.74 Å². The van der Waals surface area contributed by atoms with Gasteiger partial charge in [-0.1, -0.05) is 6.07 Å². The summed E-state index contributed by atoms with van der Waals surface area (Å²) in [7, 11) is 1.45. The zero-order valence-electron chi connectivity index (χ0n) is 11.7. The standard InChI is InChI=1S/C14H20N2O3/c1-14(2,3)16-13(18)10-6-5-7-11(8-10)15-12(17)9-19-4/h5-8H,9H2,1-4H3,(H,15,17)(H,16,18). The van der Waals surface area contributed by atoms with E-state index in [1.165, 1.54) is 7.11 Å². The lowest BCUT2D eigenvalue weighted by molar-refractivity contribution is -0.119. The van der Waals surface area contributed by atoms with Crippen molar-refractivity contribution in [1.82, 2.24) is 5.32 Å². The number of carbonyl (C=O) groups is 2. The molecule has 1 rings (SSSR count). The number of anilines is 1. The van der Waals surface area contributed by atoms with E-state index in [0.717, 1.165) is 0 Å². The molecule has 0 aliphatic rings. The minimum Gasteiger partial charge on any atom is -0.375 e. The second-order valence-electron chi connectivity index (χ2n) is 5.27. The molecule has 0 aromatic heterocycles. The molecular formula is C14H20N2O3. The molecule has 1 aromatic rings. The first-order valence-corrected chi connectivity index (χ1v) is 6.03. The van der Waals surface area contributed by atoms with Crippen molar-refractivity contribution in [3.05, 3.63) is 29.8 Å². The van der Waals surface area contributed by atoms with Gasteiger partial charge >= 0.3 is 0 Å². The van der Waals surface area contributed by atoms with Crippen LogP contribution in [0.4, 0.5) is 5.69 Å². The highest BCUT2D eigenvalue weighted by molar-refractivity contribution is 5.97. The van der Waals surface area contributed by atoms with Gasteiger partial charge in [-0.3, -0.25) is 9.59 Å². The van der Waals surface area contributed by atoms with Gasteiger partial charge in [-0.2, -0.15) is 0 Å². The Morgan fingerprint density at radius 3 is 2.53 bits per heavy atom. The van der Waals surface area contributed by atoms with Crippen LogP contribution in [0.2, 0.25) is 0 Å². The smallest absolute Gasteiger partial charge is 0.251 e. The molecule has 0 saturated carbocycles. The Bertz CT molecular complexity index is 464. The lowest BCUT2D eigenvalue weighted by Crippen LogP contribution is -2.40. The normalized spacial score (nSPS) is 10.9. The molecule has 0 aliphatic heterocycles. The van der Waals surface area contributed by atoms with Crippen LogP contribution < -0.4 is 10.6 Å². The largest absolute Gasteiger partial charge is 0.375 e. The third-order valence-electron chi connectivity index (χ3n) is 2.17.